The smallest absolute Gasteiger partial charge is 0.0771 e. The molecule has 2 rings (SSSR count). The Morgan fingerprint density at radius 3 is 2.94 bits per heavy atom. The third-order valence-corrected chi connectivity index (χ3v) is 4.16. The summed E-state index contributed by atoms with van der Waals surface area (Å²) in [5, 5.41) is 11.7. The van der Waals surface area contributed by atoms with E-state index in [1.807, 2.05) is 6.07 Å². The summed E-state index contributed by atoms with van der Waals surface area (Å²) in [6.45, 7) is 9.97. The van der Waals surface area contributed by atoms with E-state index in [4.69, 9.17) is 0 Å². The topological polar surface area (TPSA) is 41.0 Å². The molecule has 1 aliphatic rings. The molecular weight excluding hydrogens is 224 g/mol. The van der Waals surface area contributed by atoms with Crippen LogP contribution in [0.3, 0.4) is 0 Å². The molecular formula is C14H24N4. The summed E-state index contributed by atoms with van der Waals surface area (Å²) >= 11 is 0. The van der Waals surface area contributed by atoms with Crippen molar-refractivity contribution in [3.63, 3.8) is 0 Å². The summed E-state index contributed by atoms with van der Waals surface area (Å²) in [4.78, 5) is 2.52. The van der Waals surface area contributed by atoms with Gasteiger partial charge in [-0.05, 0) is 37.9 Å². The van der Waals surface area contributed by atoms with Gasteiger partial charge in [0.05, 0.1) is 5.69 Å². The summed E-state index contributed by atoms with van der Waals surface area (Å²) in [5.41, 5.74) is 1.07. The van der Waals surface area contributed by atoms with E-state index in [0.29, 0.717) is 18.0 Å². The normalized spacial score (nSPS) is 29.4. The fourth-order valence-corrected chi connectivity index (χ4v) is 2.84. The second-order valence-corrected chi connectivity index (χ2v) is 5.24. The Labute approximate surface area is 110 Å². The molecule has 1 aromatic heterocycles. The molecule has 1 N–H and O–H groups in total. The summed E-state index contributed by atoms with van der Waals surface area (Å²) in [5.74, 6) is 0.676. The van der Waals surface area contributed by atoms with Crippen molar-refractivity contribution in [1.29, 1.82) is 0 Å². The van der Waals surface area contributed by atoms with E-state index in [1.165, 1.54) is 6.42 Å². The first kappa shape index (κ1) is 13.4. The van der Waals surface area contributed by atoms with Gasteiger partial charge in [0.15, 0.2) is 0 Å². The second kappa shape index (κ2) is 6.25. The molecule has 0 saturated carbocycles. The van der Waals surface area contributed by atoms with E-state index in [2.05, 4.69) is 47.3 Å². The minimum absolute atomic E-state index is 0.588. The molecule has 0 amide bonds. The number of likely N-dealkylation sites (tertiary alicyclic amines) is 1. The molecule has 3 unspecified atom stereocenters. The molecule has 1 aromatic rings. The van der Waals surface area contributed by atoms with E-state index >= 15 is 0 Å². The molecule has 4 heteroatoms. The number of hydrogen-bond donors (Lipinski definition) is 1. The Bertz CT molecular complexity index is 354. The lowest BCUT2D eigenvalue weighted by atomic mass is 9.87. The van der Waals surface area contributed by atoms with Crippen molar-refractivity contribution < 1.29 is 0 Å². The maximum absolute atomic E-state index is 4.18. The SMILES string of the molecule is CCNC1CCN(Cc2cccnn2)C(C)C1C. The van der Waals surface area contributed by atoms with Crippen molar-refractivity contribution in [3.05, 3.63) is 24.0 Å². The van der Waals surface area contributed by atoms with E-state index < -0.39 is 0 Å². The van der Waals surface area contributed by atoms with Crippen molar-refractivity contribution in [2.45, 2.75) is 45.8 Å². The van der Waals surface area contributed by atoms with Crippen molar-refractivity contribution in [2.75, 3.05) is 13.1 Å². The van der Waals surface area contributed by atoms with Gasteiger partial charge in [-0.25, -0.2) is 0 Å². The van der Waals surface area contributed by atoms with Gasteiger partial charge >= 0.3 is 0 Å². The van der Waals surface area contributed by atoms with Crippen LogP contribution >= 0.6 is 0 Å². The van der Waals surface area contributed by atoms with Crippen LogP contribution in [-0.4, -0.2) is 40.3 Å². The van der Waals surface area contributed by atoms with Crippen molar-refractivity contribution in [1.82, 2.24) is 20.4 Å². The van der Waals surface area contributed by atoms with E-state index in [-0.39, 0.29) is 0 Å². The molecule has 0 aliphatic carbocycles. The van der Waals surface area contributed by atoms with Crippen LogP contribution in [0.4, 0.5) is 0 Å². The number of rotatable bonds is 4. The third-order valence-electron chi connectivity index (χ3n) is 4.16. The van der Waals surface area contributed by atoms with Crippen LogP contribution in [0.15, 0.2) is 18.3 Å². The number of nitrogens with zero attached hydrogens (tertiary/aromatic N) is 3. The standard InChI is InChI=1S/C14H24N4/c1-4-15-14-7-9-18(12(3)11(14)2)10-13-6-5-8-16-17-13/h5-6,8,11-12,14-15H,4,7,9-10H2,1-3H3. The molecule has 1 saturated heterocycles. The first-order chi connectivity index (χ1) is 8.72. The van der Waals surface area contributed by atoms with Gasteiger partial charge in [0.25, 0.3) is 0 Å². The van der Waals surface area contributed by atoms with E-state index in [1.54, 1.807) is 6.20 Å². The Kier molecular flexibility index (Phi) is 4.66. The van der Waals surface area contributed by atoms with Crippen LogP contribution in [0.25, 0.3) is 0 Å². The van der Waals surface area contributed by atoms with E-state index in [9.17, 15) is 0 Å². The van der Waals surface area contributed by atoms with Gasteiger partial charge in [0, 0.05) is 31.4 Å². The van der Waals surface area contributed by atoms with Crippen LogP contribution in [0.1, 0.15) is 32.9 Å². The van der Waals surface area contributed by atoms with Gasteiger partial charge < -0.3 is 5.32 Å². The summed E-state index contributed by atoms with van der Waals surface area (Å²) in [6.07, 6.45) is 2.95. The van der Waals surface area contributed by atoms with Crippen molar-refractivity contribution >= 4 is 0 Å². The fourth-order valence-electron chi connectivity index (χ4n) is 2.84. The minimum atomic E-state index is 0.588. The molecule has 4 nitrogen and oxygen atoms in total. The maximum Gasteiger partial charge on any atom is 0.0771 e. The van der Waals surface area contributed by atoms with Crippen LogP contribution in [0, 0.1) is 5.92 Å². The monoisotopic (exact) mass is 248 g/mol. The van der Waals surface area contributed by atoms with Gasteiger partial charge in [0.2, 0.25) is 0 Å². The Hall–Kier alpha value is -1.00. The lowest BCUT2D eigenvalue weighted by Crippen LogP contribution is -2.53. The number of nitrogens with one attached hydrogen (secondary N) is 1. The van der Waals surface area contributed by atoms with Gasteiger partial charge in [-0.15, -0.1) is 0 Å². The Morgan fingerprint density at radius 2 is 2.28 bits per heavy atom. The Balaban J connectivity index is 1.96. The number of aromatic nitrogens is 2. The van der Waals surface area contributed by atoms with Gasteiger partial charge in [-0.2, -0.15) is 10.2 Å². The summed E-state index contributed by atoms with van der Waals surface area (Å²) in [7, 11) is 0. The van der Waals surface area contributed by atoms with Gasteiger partial charge in [-0.1, -0.05) is 13.8 Å². The van der Waals surface area contributed by atoms with E-state index in [0.717, 1.165) is 25.3 Å². The molecule has 0 aromatic carbocycles. The quantitative estimate of drug-likeness (QED) is 0.880. The largest absolute Gasteiger partial charge is 0.314 e. The summed E-state index contributed by atoms with van der Waals surface area (Å²) < 4.78 is 0. The highest BCUT2D eigenvalue weighted by Gasteiger charge is 2.31. The molecule has 0 bridgehead atoms. The molecule has 18 heavy (non-hydrogen) atoms. The third kappa shape index (κ3) is 3.06. The summed E-state index contributed by atoms with van der Waals surface area (Å²) in [6, 6.07) is 5.26. The molecule has 2 heterocycles. The number of piperidine rings is 1. The maximum atomic E-state index is 4.18. The predicted molar refractivity (Wildman–Crippen MR) is 73.1 cm³/mol. The predicted octanol–water partition coefficient (Wildman–Crippen LogP) is 1.68. The first-order valence-corrected chi connectivity index (χ1v) is 6.96. The Morgan fingerprint density at radius 1 is 1.44 bits per heavy atom. The fraction of sp³-hybridized carbons (Fsp3) is 0.714. The average Bonchev–Trinajstić information content (AvgIpc) is 2.40. The molecule has 100 valence electrons. The minimum Gasteiger partial charge on any atom is -0.314 e. The van der Waals surface area contributed by atoms with Crippen LogP contribution < -0.4 is 5.32 Å². The highest BCUT2D eigenvalue weighted by Crippen LogP contribution is 2.24. The zero-order valence-corrected chi connectivity index (χ0v) is 11.6. The van der Waals surface area contributed by atoms with Crippen molar-refractivity contribution in [2.24, 2.45) is 5.92 Å². The van der Waals surface area contributed by atoms with Crippen molar-refractivity contribution in [3.8, 4) is 0 Å². The molecule has 3 atom stereocenters. The molecule has 1 aliphatic heterocycles. The molecule has 0 radical (unpaired) electrons. The van der Waals surface area contributed by atoms with Crippen LogP contribution in [0.5, 0.6) is 0 Å². The number of hydrogen-bond acceptors (Lipinski definition) is 4. The van der Waals surface area contributed by atoms with Crippen LogP contribution in [-0.2, 0) is 6.54 Å². The second-order valence-electron chi connectivity index (χ2n) is 5.24. The molecule has 1 fully saturated rings. The lowest BCUT2D eigenvalue weighted by Gasteiger charge is -2.42. The lowest BCUT2D eigenvalue weighted by molar-refractivity contribution is 0.0777. The highest BCUT2D eigenvalue weighted by molar-refractivity contribution is 5.00. The average molecular weight is 248 g/mol. The zero-order chi connectivity index (χ0) is 13.0. The first-order valence-electron chi connectivity index (χ1n) is 6.96. The van der Waals surface area contributed by atoms with Gasteiger partial charge in [0.1, 0.15) is 0 Å². The van der Waals surface area contributed by atoms with Gasteiger partial charge in [-0.3, -0.25) is 4.90 Å². The molecule has 0 spiro atoms. The highest BCUT2D eigenvalue weighted by atomic mass is 15.2. The zero-order valence-electron chi connectivity index (χ0n) is 11.6. The van der Waals surface area contributed by atoms with Crippen LogP contribution in [0.2, 0.25) is 0 Å².